The van der Waals surface area contributed by atoms with Crippen LogP contribution in [-0.4, -0.2) is 44.9 Å². The van der Waals surface area contributed by atoms with E-state index < -0.39 is 0 Å². The number of benzene rings is 2. The topological polar surface area (TPSA) is 51.0 Å². The lowest BCUT2D eigenvalue weighted by Gasteiger charge is -2.32. The number of carbonyl (C=O) groups is 1. The predicted octanol–water partition coefficient (Wildman–Crippen LogP) is 4.15. The molecule has 0 unspecified atom stereocenters. The summed E-state index contributed by atoms with van der Waals surface area (Å²) in [6, 6.07) is 18.6. The van der Waals surface area contributed by atoms with Crippen molar-refractivity contribution >= 4 is 17.7 Å². The van der Waals surface area contributed by atoms with Crippen molar-refractivity contribution in [3.63, 3.8) is 0 Å². The van der Waals surface area contributed by atoms with Crippen molar-refractivity contribution in [3.8, 4) is 11.1 Å². The molecule has 0 N–H and O–H groups in total. The molecule has 1 amide bonds. The van der Waals surface area contributed by atoms with E-state index in [0.717, 1.165) is 42.5 Å². The van der Waals surface area contributed by atoms with Gasteiger partial charge in [0.2, 0.25) is 5.91 Å². The zero-order valence-electron chi connectivity index (χ0n) is 16.9. The summed E-state index contributed by atoms with van der Waals surface area (Å²) in [7, 11) is 2.01. The monoisotopic (exact) mass is 406 g/mol. The number of likely N-dealkylation sites (tertiary alicyclic amines) is 1. The molecular weight excluding hydrogens is 380 g/mol. The molecule has 5 nitrogen and oxygen atoms in total. The van der Waals surface area contributed by atoms with Crippen molar-refractivity contribution in [2.45, 2.75) is 30.3 Å². The molecule has 2 aromatic carbocycles. The molecule has 0 aliphatic carbocycles. The Morgan fingerprint density at radius 1 is 1.07 bits per heavy atom. The lowest BCUT2D eigenvalue weighted by molar-refractivity contribution is -0.131. The highest BCUT2D eigenvalue weighted by Gasteiger charge is 2.28. The van der Waals surface area contributed by atoms with Gasteiger partial charge in [0.15, 0.2) is 5.16 Å². The Labute approximate surface area is 176 Å². The number of rotatable bonds is 5. The summed E-state index contributed by atoms with van der Waals surface area (Å²) in [5.74, 6) is 1.43. The summed E-state index contributed by atoms with van der Waals surface area (Å²) < 4.78 is 2.06. The van der Waals surface area contributed by atoms with Gasteiger partial charge in [-0.1, -0.05) is 66.4 Å². The summed E-state index contributed by atoms with van der Waals surface area (Å²) in [5, 5.41) is 9.55. The Balaban J connectivity index is 1.41. The summed E-state index contributed by atoms with van der Waals surface area (Å²) in [6.45, 7) is 1.55. The van der Waals surface area contributed by atoms with Gasteiger partial charge in [0.1, 0.15) is 5.82 Å². The van der Waals surface area contributed by atoms with Crippen molar-refractivity contribution < 1.29 is 4.79 Å². The standard InChI is InChI=1S/C23H26N4OS/c1-26-22(24-25-23(26)29-2)20-9-6-14-27(16-20)21(28)15-17-10-12-19(13-11-17)18-7-4-3-5-8-18/h3-5,7-8,10-13,20H,6,9,14-16H2,1-2H3/t20-/m0/s1. The fraction of sp³-hybridized carbons (Fsp3) is 0.348. The minimum absolute atomic E-state index is 0.189. The quantitative estimate of drug-likeness (QED) is 0.597. The van der Waals surface area contributed by atoms with Crippen molar-refractivity contribution in [2.24, 2.45) is 7.05 Å². The zero-order chi connectivity index (χ0) is 20.2. The fourth-order valence-electron chi connectivity index (χ4n) is 4.01. The summed E-state index contributed by atoms with van der Waals surface area (Å²) in [5.41, 5.74) is 3.42. The van der Waals surface area contributed by atoms with Crippen LogP contribution in [0.1, 0.15) is 30.1 Å². The second-order valence-electron chi connectivity index (χ2n) is 7.52. The van der Waals surface area contributed by atoms with Crippen LogP contribution in [0.5, 0.6) is 0 Å². The number of aromatic nitrogens is 3. The van der Waals surface area contributed by atoms with E-state index in [-0.39, 0.29) is 11.8 Å². The van der Waals surface area contributed by atoms with Crippen LogP contribution >= 0.6 is 11.8 Å². The van der Waals surface area contributed by atoms with Gasteiger partial charge < -0.3 is 9.47 Å². The lowest BCUT2D eigenvalue weighted by atomic mass is 9.96. The first kappa shape index (κ1) is 19.7. The van der Waals surface area contributed by atoms with Gasteiger partial charge in [0.05, 0.1) is 6.42 Å². The van der Waals surface area contributed by atoms with Gasteiger partial charge in [-0.05, 0) is 35.8 Å². The number of hydrogen-bond acceptors (Lipinski definition) is 4. The van der Waals surface area contributed by atoms with Gasteiger partial charge in [-0.15, -0.1) is 10.2 Å². The van der Waals surface area contributed by atoms with Gasteiger partial charge in [-0.2, -0.15) is 0 Å². The maximum Gasteiger partial charge on any atom is 0.227 e. The van der Waals surface area contributed by atoms with Crippen LogP contribution in [-0.2, 0) is 18.3 Å². The van der Waals surface area contributed by atoms with Gasteiger partial charge in [-0.3, -0.25) is 4.79 Å². The average Bonchev–Trinajstić information content (AvgIpc) is 3.15. The lowest BCUT2D eigenvalue weighted by Crippen LogP contribution is -2.40. The van der Waals surface area contributed by atoms with E-state index in [9.17, 15) is 4.79 Å². The molecule has 3 aromatic rings. The second-order valence-corrected chi connectivity index (χ2v) is 8.30. The van der Waals surface area contributed by atoms with Gasteiger partial charge in [0, 0.05) is 26.1 Å². The minimum Gasteiger partial charge on any atom is -0.342 e. The summed E-state index contributed by atoms with van der Waals surface area (Å²) in [4.78, 5) is 14.9. The highest BCUT2D eigenvalue weighted by molar-refractivity contribution is 7.98. The van der Waals surface area contributed by atoms with Crippen LogP contribution in [0.4, 0.5) is 0 Å². The third-order valence-electron chi connectivity index (χ3n) is 5.61. The molecule has 1 saturated heterocycles. The number of thioether (sulfide) groups is 1. The smallest absolute Gasteiger partial charge is 0.227 e. The van der Waals surface area contributed by atoms with Crippen molar-refractivity contribution in [1.82, 2.24) is 19.7 Å². The molecule has 4 rings (SSSR count). The first-order valence-electron chi connectivity index (χ1n) is 10.0. The van der Waals surface area contributed by atoms with E-state index >= 15 is 0 Å². The average molecular weight is 407 g/mol. The van der Waals surface area contributed by atoms with Gasteiger partial charge >= 0.3 is 0 Å². The number of nitrogens with zero attached hydrogens (tertiary/aromatic N) is 4. The third-order valence-corrected chi connectivity index (χ3v) is 6.33. The highest BCUT2D eigenvalue weighted by Crippen LogP contribution is 2.28. The highest BCUT2D eigenvalue weighted by atomic mass is 32.2. The molecule has 29 heavy (non-hydrogen) atoms. The Morgan fingerprint density at radius 2 is 1.79 bits per heavy atom. The van der Waals surface area contributed by atoms with Gasteiger partial charge in [-0.25, -0.2) is 0 Å². The second kappa shape index (κ2) is 8.82. The van der Waals surface area contributed by atoms with Crippen molar-refractivity contribution in [3.05, 3.63) is 66.0 Å². The van der Waals surface area contributed by atoms with Gasteiger partial charge in [0.25, 0.3) is 0 Å². The van der Waals surface area contributed by atoms with Crippen LogP contribution in [0.3, 0.4) is 0 Å². The molecule has 150 valence electrons. The summed E-state index contributed by atoms with van der Waals surface area (Å²) in [6.07, 6.45) is 4.50. The maximum absolute atomic E-state index is 12.9. The Bertz CT molecular complexity index is 968. The molecule has 1 aromatic heterocycles. The number of amides is 1. The van der Waals surface area contributed by atoms with E-state index in [1.165, 1.54) is 11.1 Å². The minimum atomic E-state index is 0.189. The molecule has 6 heteroatoms. The molecule has 1 fully saturated rings. The zero-order valence-corrected chi connectivity index (χ0v) is 17.7. The first-order valence-corrected chi connectivity index (χ1v) is 11.2. The van der Waals surface area contributed by atoms with E-state index in [4.69, 9.17) is 0 Å². The molecule has 1 aliphatic rings. The molecule has 0 spiro atoms. The van der Waals surface area contributed by atoms with E-state index in [2.05, 4.69) is 51.2 Å². The van der Waals surface area contributed by atoms with Crippen LogP contribution in [0.15, 0.2) is 59.8 Å². The summed E-state index contributed by atoms with van der Waals surface area (Å²) >= 11 is 1.60. The first-order chi connectivity index (χ1) is 14.2. The fourth-order valence-corrected chi connectivity index (χ4v) is 4.50. The molecular formula is C23H26N4OS. The molecule has 0 radical (unpaired) electrons. The van der Waals surface area contributed by atoms with Crippen LogP contribution in [0, 0.1) is 0 Å². The Morgan fingerprint density at radius 3 is 2.48 bits per heavy atom. The predicted molar refractivity (Wildman–Crippen MR) is 117 cm³/mol. The SMILES string of the molecule is CSc1nnc([C@H]2CCCN(C(=O)Cc3ccc(-c4ccccc4)cc3)C2)n1C. The van der Waals surface area contributed by atoms with Crippen molar-refractivity contribution in [2.75, 3.05) is 19.3 Å². The number of piperidine rings is 1. The Kier molecular flexibility index (Phi) is 6.00. The normalized spacial score (nSPS) is 16.8. The van der Waals surface area contributed by atoms with E-state index in [0.29, 0.717) is 6.42 Å². The molecule has 0 bridgehead atoms. The maximum atomic E-state index is 12.9. The largest absolute Gasteiger partial charge is 0.342 e. The number of hydrogen-bond donors (Lipinski definition) is 0. The van der Waals surface area contributed by atoms with E-state index in [1.54, 1.807) is 11.8 Å². The van der Waals surface area contributed by atoms with Crippen LogP contribution in [0.2, 0.25) is 0 Å². The van der Waals surface area contributed by atoms with E-state index in [1.807, 2.05) is 36.4 Å². The molecule has 2 heterocycles. The molecule has 1 atom stereocenters. The Hall–Kier alpha value is -2.60. The van der Waals surface area contributed by atoms with Crippen LogP contribution < -0.4 is 0 Å². The van der Waals surface area contributed by atoms with Crippen molar-refractivity contribution in [1.29, 1.82) is 0 Å². The third kappa shape index (κ3) is 4.37. The molecule has 1 aliphatic heterocycles. The number of carbonyl (C=O) groups excluding carboxylic acids is 1. The molecule has 0 saturated carbocycles. The van der Waals surface area contributed by atoms with Crippen LogP contribution in [0.25, 0.3) is 11.1 Å².